The van der Waals surface area contributed by atoms with E-state index in [-0.39, 0.29) is 18.9 Å². The molecule has 0 spiro atoms. The molecule has 0 fully saturated rings. The molecular weight excluding hydrogens is 363 g/mol. The molecule has 152 valence electrons. The van der Waals surface area contributed by atoms with Gasteiger partial charge >= 0.3 is 18.4 Å². The molecule has 0 aliphatic heterocycles. The molecule has 1 rings (SSSR count). The lowest BCUT2D eigenvalue weighted by atomic mass is 10.0. The van der Waals surface area contributed by atoms with E-state index in [0.717, 1.165) is 0 Å². The SMILES string of the molecule is CC(C)C[C@@H](C(=O)OC(C)(C)C)N(C(=O)OCc1ccccc1)C(F)(F)F. The number of carbonyl (C=O) groups is 2. The Balaban J connectivity index is 3.07. The third-order valence-corrected chi connectivity index (χ3v) is 3.36. The summed E-state index contributed by atoms with van der Waals surface area (Å²) in [5, 5.41) is 0. The Morgan fingerprint density at radius 3 is 2.07 bits per heavy atom. The van der Waals surface area contributed by atoms with Crippen LogP contribution in [0, 0.1) is 5.92 Å². The first-order valence-electron chi connectivity index (χ1n) is 8.61. The Morgan fingerprint density at radius 2 is 1.63 bits per heavy atom. The maximum absolute atomic E-state index is 13.6. The van der Waals surface area contributed by atoms with Gasteiger partial charge in [-0.25, -0.2) is 14.5 Å². The van der Waals surface area contributed by atoms with Gasteiger partial charge in [0.1, 0.15) is 18.2 Å². The zero-order valence-electron chi connectivity index (χ0n) is 16.2. The van der Waals surface area contributed by atoms with E-state index in [9.17, 15) is 22.8 Å². The van der Waals surface area contributed by atoms with E-state index in [2.05, 4.69) is 0 Å². The van der Waals surface area contributed by atoms with Crippen molar-refractivity contribution in [2.24, 2.45) is 5.92 Å². The third kappa shape index (κ3) is 7.88. The van der Waals surface area contributed by atoms with E-state index >= 15 is 0 Å². The molecule has 27 heavy (non-hydrogen) atoms. The summed E-state index contributed by atoms with van der Waals surface area (Å²) < 4.78 is 50.7. The van der Waals surface area contributed by atoms with Crippen molar-refractivity contribution in [2.75, 3.05) is 0 Å². The van der Waals surface area contributed by atoms with E-state index in [1.54, 1.807) is 65.0 Å². The molecule has 0 bridgehead atoms. The number of benzene rings is 1. The van der Waals surface area contributed by atoms with Gasteiger partial charge in [0, 0.05) is 0 Å². The van der Waals surface area contributed by atoms with E-state index in [1.165, 1.54) is 0 Å². The lowest BCUT2D eigenvalue weighted by molar-refractivity contribution is -0.247. The van der Waals surface area contributed by atoms with Crippen molar-refractivity contribution in [3.05, 3.63) is 35.9 Å². The number of rotatable bonds is 6. The molecule has 0 saturated heterocycles. The fourth-order valence-electron chi connectivity index (χ4n) is 2.32. The summed E-state index contributed by atoms with van der Waals surface area (Å²) in [5.74, 6) is -1.40. The highest BCUT2D eigenvalue weighted by atomic mass is 19.4. The van der Waals surface area contributed by atoms with Crippen molar-refractivity contribution in [3.8, 4) is 0 Å². The standard InChI is InChI=1S/C19H26F3NO4/c1-13(2)11-15(16(24)27-18(3,4)5)23(19(20,21)22)17(25)26-12-14-9-7-6-8-10-14/h6-10,13,15H,11-12H2,1-5H3/t15-/m0/s1. The number of hydrogen-bond donors (Lipinski definition) is 0. The first kappa shape index (κ1) is 22.8. The number of halogens is 3. The van der Waals surface area contributed by atoms with Crippen LogP contribution in [0.1, 0.15) is 46.6 Å². The predicted molar refractivity (Wildman–Crippen MR) is 93.6 cm³/mol. The Hall–Kier alpha value is -2.25. The van der Waals surface area contributed by atoms with Gasteiger partial charge in [-0.2, -0.15) is 0 Å². The van der Waals surface area contributed by atoms with Crippen molar-refractivity contribution in [3.63, 3.8) is 0 Å². The Labute approximate surface area is 157 Å². The molecule has 1 aromatic rings. The summed E-state index contributed by atoms with van der Waals surface area (Å²) >= 11 is 0. The number of carbonyl (C=O) groups excluding carboxylic acids is 2. The quantitative estimate of drug-likeness (QED) is 0.513. The van der Waals surface area contributed by atoms with Crippen LogP contribution >= 0.6 is 0 Å². The first-order chi connectivity index (χ1) is 12.3. The smallest absolute Gasteiger partial charge is 0.458 e. The van der Waals surface area contributed by atoms with Crippen LogP contribution in [-0.2, 0) is 20.9 Å². The van der Waals surface area contributed by atoms with Crippen molar-refractivity contribution in [1.29, 1.82) is 0 Å². The number of amides is 1. The van der Waals surface area contributed by atoms with Gasteiger partial charge in [-0.3, -0.25) is 0 Å². The van der Waals surface area contributed by atoms with Crippen molar-refractivity contribution < 1.29 is 32.2 Å². The van der Waals surface area contributed by atoms with Gasteiger partial charge in [0.15, 0.2) is 0 Å². The van der Waals surface area contributed by atoms with Crippen LogP contribution < -0.4 is 0 Å². The highest BCUT2D eigenvalue weighted by Crippen LogP contribution is 2.29. The molecule has 8 heteroatoms. The fourth-order valence-corrected chi connectivity index (χ4v) is 2.32. The second kappa shape index (κ2) is 9.10. The molecule has 0 radical (unpaired) electrons. The van der Waals surface area contributed by atoms with Crippen LogP contribution in [0.4, 0.5) is 18.0 Å². The van der Waals surface area contributed by atoms with Crippen molar-refractivity contribution >= 4 is 12.1 Å². The van der Waals surface area contributed by atoms with E-state index < -0.39 is 34.9 Å². The van der Waals surface area contributed by atoms with Crippen molar-refractivity contribution in [2.45, 2.75) is 65.6 Å². The molecule has 0 saturated carbocycles. The third-order valence-electron chi connectivity index (χ3n) is 3.36. The highest BCUT2D eigenvalue weighted by Gasteiger charge is 2.50. The molecular formula is C19H26F3NO4. The largest absolute Gasteiger partial charge is 0.490 e. The number of alkyl halides is 3. The topological polar surface area (TPSA) is 55.8 Å². The monoisotopic (exact) mass is 389 g/mol. The highest BCUT2D eigenvalue weighted by molar-refractivity contribution is 5.82. The van der Waals surface area contributed by atoms with Gasteiger partial charge in [0.05, 0.1) is 0 Å². The minimum atomic E-state index is -5.09. The van der Waals surface area contributed by atoms with Crippen LogP contribution in [0.5, 0.6) is 0 Å². The van der Waals surface area contributed by atoms with Gasteiger partial charge < -0.3 is 9.47 Å². The molecule has 0 aromatic heterocycles. The summed E-state index contributed by atoms with van der Waals surface area (Å²) in [6, 6.07) is 6.48. The first-order valence-corrected chi connectivity index (χ1v) is 8.61. The van der Waals surface area contributed by atoms with E-state index in [1.807, 2.05) is 0 Å². The lowest BCUT2D eigenvalue weighted by Gasteiger charge is -2.33. The molecule has 0 unspecified atom stereocenters. The predicted octanol–water partition coefficient (Wildman–Crippen LogP) is 4.90. The maximum Gasteiger partial charge on any atom is 0.490 e. The molecule has 0 aliphatic rings. The average molecular weight is 389 g/mol. The molecule has 1 amide bonds. The minimum Gasteiger partial charge on any atom is -0.458 e. The molecule has 5 nitrogen and oxygen atoms in total. The summed E-state index contributed by atoms with van der Waals surface area (Å²) in [6.45, 7) is 7.60. The molecule has 0 heterocycles. The van der Waals surface area contributed by atoms with Crippen molar-refractivity contribution in [1.82, 2.24) is 4.90 Å². The molecule has 0 aliphatic carbocycles. The molecule has 0 N–H and O–H groups in total. The number of nitrogens with zero attached hydrogens (tertiary/aromatic N) is 1. The van der Waals surface area contributed by atoms with Crippen LogP contribution in [0.2, 0.25) is 0 Å². The Morgan fingerprint density at radius 1 is 1.07 bits per heavy atom. The van der Waals surface area contributed by atoms with Gasteiger partial charge in [0.2, 0.25) is 0 Å². The Bertz CT molecular complexity index is 624. The second-order valence-corrected chi connectivity index (χ2v) is 7.56. The summed E-state index contributed by atoms with van der Waals surface area (Å²) in [4.78, 5) is 24.1. The van der Waals surface area contributed by atoms with E-state index in [0.29, 0.717) is 5.56 Å². The number of hydrogen-bond acceptors (Lipinski definition) is 4. The average Bonchev–Trinajstić information content (AvgIpc) is 2.50. The normalized spacial score (nSPS) is 13.2. The zero-order chi connectivity index (χ0) is 20.8. The minimum absolute atomic E-state index is 0.213. The van der Waals surface area contributed by atoms with Crippen LogP contribution in [0.3, 0.4) is 0 Å². The van der Waals surface area contributed by atoms with Crippen LogP contribution in [-0.4, -0.2) is 34.9 Å². The van der Waals surface area contributed by atoms with Gasteiger partial charge in [-0.15, -0.1) is 13.2 Å². The maximum atomic E-state index is 13.6. The second-order valence-electron chi connectivity index (χ2n) is 7.56. The summed E-state index contributed by atoms with van der Waals surface area (Å²) in [5.41, 5.74) is -0.456. The molecule has 1 atom stereocenters. The summed E-state index contributed by atoms with van der Waals surface area (Å²) in [6.07, 6.45) is -6.94. The van der Waals surface area contributed by atoms with Crippen LogP contribution in [0.25, 0.3) is 0 Å². The lowest BCUT2D eigenvalue weighted by Crippen LogP contribution is -2.54. The van der Waals surface area contributed by atoms with Gasteiger partial charge in [-0.05, 0) is 38.7 Å². The fraction of sp³-hybridized carbons (Fsp3) is 0.579. The van der Waals surface area contributed by atoms with E-state index in [4.69, 9.17) is 9.47 Å². The zero-order valence-corrected chi connectivity index (χ0v) is 16.2. The van der Waals surface area contributed by atoms with Gasteiger partial charge in [0.25, 0.3) is 0 Å². The van der Waals surface area contributed by atoms with Gasteiger partial charge in [-0.1, -0.05) is 44.2 Å². The number of esters is 1. The Kier molecular flexibility index (Phi) is 7.68. The van der Waals surface area contributed by atoms with Crippen LogP contribution in [0.15, 0.2) is 30.3 Å². The number of ether oxygens (including phenoxy) is 2. The summed E-state index contributed by atoms with van der Waals surface area (Å²) in [7, 11) is 0. The molecule has 1 aromatic carbocycles.